The molecule has 3 nitrogen and oxygen atoms in total. The number of nitrogens with zero attached hydrogens (tertiary/aromatic N) is 2. The maximum Gasteiger partial charge on any atom is 0.297 e. The van der Waals surface area contributed by atoms with E-state index in [0.29, 0.717) is 0 Å². The molecule has 3 heterocycles. The monoisotopic (exact) mass is 829 g/mol. The number of rotatable bonds is 3. The molecule has 1 aliphatic carbocycles. The van der Waals surface area contributed by atoms with Crippen molar-refractivity contribution in [1.29, 1.82) is 0 Å². The molecule has 10 rings (SSSR count). The summed E-state index contributed by atoms with van der Waals surface area (Å²) in [6.07, 6.45) is 2.34. The zero-order chi connectivity index (χ0) is 44.8. The van der Waals surface area contributed by atoms with E-state index in [1.54, 1.807) is 0 Å². The van der Waals surface area contributed by atoms with Crippen LogP contribution < -0.4 is 26.4 Å². The molecule has 0 fully saturated rings. The minimum atomic E-state index is -0.122. The maximum atomic E-state index is 7.39. The second-order valence-corrected chi connectivity index (χ2v) is 23.5. The Bertz CT molecular complexity index is 2980. The van der Waals surface area contributed by atoms with Gasteiger partial charge in [-0.25, -0.2) is 0 Å². The van der Waals surface area contributed by atoms with Crippen LogP contribution in [0.2, 0.25) is 0 Å². The van der Waals surface area contributed by atoms with Gasteiger partial charge >= 0.3 is 0 Å². The van der Waals surface area contributed by atoms with E-state index >= 15 is 0 Å². The number of fused-ring (bicyclic) bond motifs is 7. The Morgan fingerprint density at radius 1 is 0.540 bits per heavy atom. The summed E-state index contributed by atoms with van der Waals surface area (Å²) in [5.74, 6) is 0. The number of benzene rings is 6. The van der Waals surface area contributed by atoms with Crippen molar-refractivity contribution >= 4 is 68.4 Å². The molecule has 0 N–H and O–H groups in total. The molecule has 0 amide bonds. The number of furan rings is 1. The Labute approximate surface area is 377 Å². The fourth-order valence-electron chi connectivity index (χ4n) is 10.8. The minimum absolute atomic E-state index is 0.0131. The van der Waals surface area contributed by atoms with E-state index in [0.717, 1.165) is 23.4 Å². The summed E-state index contributed by atoms with van der Waals surface area (Å²) >= 11 is 0. The predicted octanol–water partition coefficient (Wildman–Crippen LogP) is 14.7. The van der Waals surface area contributed by atoms with Gasteiger partial charge in [0.2, 0.25) is 0 Å². The molecule has 0 saturated carbocycles. The average molecular weight is 829 g/mol. The third-order valence-corrected chi connectivity index (χ3v) is 14.8. The standard InChI is InChI=1S/C59H65BN2O/c1-36-30-49-52-50(31-36)62(47-25-20-38(55(2,3)4)32-42(47)37-18-16-15-17-19-37)48-26-21-40(57(8,9)10)34-46(48)60(52)54-53(43-33-39(56(5,6)7)22-27-51(43)63-54)61(49)41-23-24-44-45(35-41)59(13,14)29-28-58(44,11)12/h15-27,30-35H,28-29H2,1-14H3. The lowest BCUT2D eigenvalue weighted by molar-refractivity contribution is 0.332. The van der Waals surface area contributed by atoms with Crippen molar-refractivity contribution < 1.29 is 4.42 Å². The molecular formula is C59H65BN2O. The van der Waals surface area contributed by atoms with Gasteiger partial charge in [-0.2, -0.15) is 0 Å². The van der Waals surface area contributed by atoms with Crippen molar-refractivity contribution in [3.63, 3.8) is 0 Å². The summed E-state index contributed by atoms with van der Waals surface area (Å²) in [5, 5.41) is 1.17. The van der Waals surface area contributed by atoms with Gasteiger partial charge in [0.05, 0.1) is 17.0 Å². The lowest BCUT2D eigenvalue weighted by atomic mass is 9.35. The molecular weight excluding hydrogens is 763 g/mol. The van der Waals surface area contributed by atoms with Gasteiger partial charge in [0.25, 0.3) is 6.71 Å². The fraction of sp³-hybridized carbons (Fsp3) is 0.356. The average Bonchev–Trinajstić information content (AvgIpc) is 3.60. The van der Waals surface area contributed by atoms with Crippen molar-refractivity contribution in [2.45, 2.75) is 137 Å². The summed E-state index contributed by atoms with van der Waals surface area (Å²) in [4.78, 5) is 5.17. The minimum Gasteiger partial charge on any atom is -0.468 e. The SMILES string of the molecule is Cc1cc2c3c(c1)N(c1ccc4c(c1)C(C)(C)CCC4(C)C)c1c(oc4ccc(C(C)(C)C)cc14)B3c1cc(C(C)(C)C)ccc1N2c1ccc(C(C)(C)C)cc1-c1ccccc1. The first-order valence-electron chi connectivity index (χ1n) is 23.3. The van der Waals surface area contributed by atoms with E-state index in [4.69, 9.17) is 4.42 Å². The third-order valence-electron chi connectivity index (χ3n) is 14.8. The van der Waals surface area contributed by atoms with Crippen LogP contribution in [0.4, 0.5) is 34.1 Å². The van der Waals surface area contributed by atoms with Crippen molar-refractivity contribution in [1.82, 2.24) is 0 Å². The van der Waals surface area contributed by atoms with Crippen LogP contribution in [-0.4, -0.2) is 6.71 Å². The van der Waals surface area contributed by atoms with E-state index in [-0.39, 0.29) is 33.8 Å². The van der Waals surface area contributed by atoms with Gasteiger partial charge in [-0.1, -0.05) is 151 Å². The molecule has 4 heteroatoms. The van der Waals surface area contributed by atoms with E-state index < -0.39 is 0 Å². The Hall–Kier alpha value is -5.48. The van der Waals surface area contributed by atoms with Crippen LogP contribution in [-0.2, 0) is 27.1 Å². The number of aryl methyl sites for hydroxylation is 1. The molecule has 0 atom stereocenters. The molecule has 0 spiro atoms. The first kappa shape index (κ1) is 41.5. The fourth-order valence-corrected chi connectivity index (χ4v) is 10.8. The normalized spacial score (nSPS) is 16.4. The van der Waals surface area contributed by atoms with Crippen LogP contribution >= 0.6 is 0 Å². The molecule has 0 saturated heterocycles. The van der Waals surface area contributed by atoms with Gasteiger partial charge < -0.3 is 14.2 Å². The molecule has 0 radical (unpaired) electrons. The first-order valence-corrected chi connectivity index (χ1v) is 23.3. The number of hydrogen-bond acceptors (Lipinski definition) is 3. The highest BCUT2D eigenvalue weighted by atomic mass is 16.3. The van der Waals surface area contributed by atoms with Gasteiger partial charge in [0.15, 0.2) is 0 Å². The van der Waals surface area contributed by atoms with Gasteiger partial charge in [-0.05, 0) is 151 Å². The van der Waals surface area contributed by atoms with Crippen LogP contribution in [0.1, 0.15) is 136 Å². The molecule has 320 valence electrons. The zero-order valence-electron chi connectivity index (χ0n) is 40.3. The second-order valence-electron chi connectivity index (χ2n) is 23.5. The topological polar surface area (TPSA) is 19.6 Å². The van der Waals surface area contributed by atoms with Gasteiger partial charge in [-0.15, -0.1) is 0 Å². The maximum absolute atomic E-state index is 7.39. The Morgan fingerprint density at radius 3 is 1.76 bits per heavy atom. The smallest absolute Gasteiger partial charge is 0.297 e. The Kier molecular flexibility index (Phi) is 9.07. The zero-order valence-corrected chi connectivity index (χ0v) is 40.3. The van der Waals surface area contributed by atoms with E-state index in [1.165, 1.54) is 95.7 Å². The molecule has 1 aromatic heterocycles. The molecule has 0 bridgehead atoms. The lowest BCUT2D eigenvalue weighted by Gasteiger charge is -2.45. The van der Waals surface area contributed by atoms with Crippen LogP contribution in [0.25, 0.3) is 22.1 Å². The van der Waals surface area contributed by atoms with Gasteiger partial charge in [0.1, 0.15) is 5.58 Å². The molecule has 7 aromatic rings. The molecule has 2 aliphatic heterocycles. The van der Waals surface area contributed by atoms with Crippen molar-refractivity contribution in [3.05, 3.63) is 149 Å². The summed E-state index contributed by atoms with van der Waals surface area (Å²) in [6.45, 7) is 32.8. The first-order chi connectivity index (χ1) is 29.5. The molecule has 3 aliphatic rings. The largest absolute Gasteiger partial charge is 0.468 e. The van der Waals surface area contributed by atoms with Gasteiger partial charge in [-0.3, -0.25) is 0 Å². The van der Waals surface area contributed by atoms with Crippen LogP contribution in [0.5, 0.6) is 0 Å². The van der Waals surface area contributed by atoms with E-state index in [9.17, 15) is 0 Å². The molecule has 0 unspecified atom stereocenters. The van der Waals surface area contributed by atoms with Crippen molar-refractivity contribution in [2.75, 3.05) is 9.80 Å². The number of hydrogen-bond donors (Lipinski definition) is 0. The van der Waals surface area contributed by atoms with E-state index in [1.807, 2.05) is 0 Å². The van der Waals surface area contributed by atoms with Crippen LogP contribution in [0, 0.1) is 6.92 Å². The lowest BCUT2D eigenvalue weighted by Crippen LogP contribution is -2.61. The quantitative estimate of drug-likeness (QED) is 0.165. The highest BCUT2D eigenvalue weighted by Gasteiger charge is 2.48. The van der Waals surface area contributed by atoms with Gasteiger partial charge in [0, 0.05) is 33.7 Å². The number of anilines is 6. The second kappa shape index (κ2) is 13.8. The van der Waals surface area contributed by atoms with E-state index in [2.05, 4.69) is 222 Å². The molecule has 6 aromatic carbocycles. The highest BCUT2D eigenvalue weighted by molar-refractivity contribution is 7.00. The van der Waals surface area contributed by atoms with Crippen molar-refractivity contribution in [3.8, 4) is 11.1 Å². The van der Waals surface area contributed by atoms with Crippen molar-refractivity contribution in [2.24, 2.45) is 0 Å². The predicted molar refractivity (Wildman–Crippen MR) is 272 cm³/mol. The highest BCUT2D eigenvalue weighted by Crippen LogP contribution is 2.52. The van der Waals surface area contributed by atoms with Crippen LogP contribution in [0.15, 0.2) is 120 Å². The molecule has 63 heavy (non-hydrogen) atoms. The summed E-state index contributed by atoms with van der Waals surface area (Å²) in [6, 6.07) is 44.6. The Balaban J connectivity index is 1.33. The summed E-state index contributed by atoms with van der Waals surface area (Å²) in [5.41, 5.74) is 22.3. The van der Waals surface area contributed by atoms with Crippen LogP contribution in [0.3, 0.4) is 0 Å². The summed E-state index contributed by atoms with van der Waals surface area (Å²) < 4.78 is 7.39. The Morgan fingerprint density at radius 2 is 1.11 bits per heavy atom. The summed E-state index contributed by atoms with van der Waals surface area (Å²) in [7, 11) is 0. The third kappa shape index (κ3) is 6.60.